The summed E-state index contributed by atoms with van der Waals surface area (Å²) in [4.78, 5) is 12.0. The molecule has 2 nitrogen and oxygen atoms in total. The first-order chi connectivity index (χ1) is 9.60. The third kappa shape index (κ3) is 3.89. The van der Waals surface area contributed by atoms with E-state index in [0.717, 1.165) is 11.1 Å². The van der Waals surface area contributed by atoms with Crippen LogP contribution in [0, 0.1) is 0 Å². The lowest BCUT2D eigenvalue weighted by Crippen LogP contribution is -2.23. The summed E-state index contributed by atoms with van der Waals surface area (Å²) in [5.41, 5.74) is 2.45. The zero-order valence-corrected chi connectivity index (χ0v) is 12.8. The van der Waals surface area contributed by atoms with Crippen LogP contribution in [0.15, 0.2) is 42.5 Å². The van der Waals surface area contributed by atoms with Crippen LogP contribution in [0.2, 0.25) is 10.0 Å². The molecule has 0 aliphatic heterocycles. The number of rotatable bonds is 4. The Kier molecular flexibility index (Phi) is 5.30. The Bertz CT molecular complexity index is 611. The monoisotopic (exact) mass is 327 g/mol. The molecule has 104 valence electrons. The standard InChI is InChI=1S/C15H12Cl3NO/c16-8-10-1-3-11(4-2-10)9-19-15(20)13-6-5-12(17)7-14(13)18/h1-7H,8-9H2,(H,19,20). The van der Waals surface area contributed by atoms with Crippen LogP contribution in [0.3, 0.4) is 0 Å². The molecule has 0 radical (unpaired) electrons. The van der Waals surface area contributed by atoms with E-state index < -0.39 is 0 Å². The van der Waals surface area contributed by atoms with Gasteiger partial charge in [0, 0.05) is 17.4 Å². The fourth-order valence-electron chi connectivity index (χ4n) is 1.70. The lowest BCUT2D eigenvalue weighted by molar-refractivity contribution is 0.0951. The molecule has 0 atom stereocenters. The van der Waals surface area contributed by atoms with E-state index in [-0.39, 0.29) is 5.91 Å². The van der Waals surface area contributed by atoms with Crippen LogP contribution in [0.25, 0.3) is 0 Å². The third-order valence-corrected chi connectivity index (χ3v) is 3.66. The van der Waals surface area contributed by atoms with E-state index in [0.29, 0.717) is 28.0 Å². The number of amides is 1. The van der Waals surface area contributed by atoms with Crippen LogP contribution in [0.1, 0.15) is 21.5 Å². The van der Waals surface area contributed by atoms with Crippen molar-refractivity contribution in [1.29, 1.82) is 0 Å². The predicted octanol–water partition coefficient (Wildman–Crippen LogP) is 4.66. The quantitative estimate of drug-likeness (QED) is 0.812. The minimum atomic E-state index is -0.229. The SMILES string of the molecule is O=C(NCc1ccc(CCl)cc1)c1ccc(Cl)cc1Cl. The minimum absolute atomic E-state index is 0.229. The van der Waals surface area contributed by atoms with Gasteiger partial charge in [0.2, 0.25) is 0 Å². The van der Waals surface area contributed by atoms with E-state index >= 15 is 0 Å². The maximum absolute atomic E-state index is 12.0. The first-order valence-corrected chi connectivity index (χ1v) is 7.26. The second-order valence-electron chi connectivity index (χ2n) is 4.26. The van der Waals surface area contributed by atoms with Crippen molar-refractivity contribution in [2.45, 2.75) is 12.4 Å². The van der Waals surface area contributed by atoms with Crippen LogP contribution >= 0.6 is 34.8 Å². The maximum Gasteiger partial charge on any atom is 0.253 e. The first-order valence-electron chi connectivity index (χ1n) is 5.97. The number of hydrogen-bond acceptors (Lipinski definition) is 1. The van der Waals surface area contributed by atoms with Crippen LogP contribution in [0.5, 0.6) is 0 Å². The first kappa shape index (κ1) is 15.2. The number of alkyl halides is 1. The summed E-state index contributed by atoms with van der Waals surface area (Å²) in [6.07, 6.45) is 0. The molecule has 0 bridgehead atoms. The molecule has 0 saturated carbocycles. The number of hydrogen-bond donors (Lipinski definition) is 1. The second kappa shape index (κ2) is 6.98. The number of carbonyl (C=O) groups excluding carboxylic acids is 1. The number of halogens is 3. The Morgan fingerprint density at radius 1 is 1.00 bits per heavy atom. The summed E-state index contributed by atoms with van der Waals surface area (Å²) in [5.74, 6) is 0.251. The molecule has 0 fully saturated rings. The van der Waals surface area contributed by atoms with E-state index in [9.17, 15) is 4.79 Å². The zero-order chi connectivity index (χ0) is 14.5. The van der Waals surface area contributed by atoms with Gasteiger partial charge in [-0.25, -0.2) is 0 Å². The van der Waals surface area contributed by atoms with Crippen LogP contribution in [0.4, 0.5) is 0 Å². The predicted molar refractivity (Wildman–Crippen MR) is 83.6 cm³/mol. The average molecular weight is 329 g/mol. The molecular formula is C15H12Cl3NO. The molecule has 0 aliphatic rings. The van der Waals surface area contributed by atoms with E-state index in [1.807, 2.05) is 24.3 Å². The second-order valence-corrected chi connectivity index (χ2v) is 5.37. The number of nitrogens with one attached hydrogen (secondary N) is 1. The summed E-state index contributed by atoms with van der Waals surface area (Å²) >= 11 is 17.5. The lowest BCUT2D eigenvalue weighted by atomic mass is 10.1. The van der Waals surface area contributed by atoms with Crippen molar-refractivity contribution in [1.82, 2.24) is 5.32 Å². The molecule has 2 aromatic carbocycles. The van der Waals surface area contributed by atoms with Crippen molar-refractivity contribution < 1.29 is 4.79 Å². The summed E-state index contributed by atoms with van der Waals surface area (Å²) in [6, 6.07) is 12.5. The number of carbonyl (C=O) groups is 1. The summed E-state index contributed by atoms with van der Waals surface area (Å²) in [5, 5.41) is 3.66. The smallest absolute Gasteiger partial charge is 0.253 e. The Labute approximate surface area is 132 Å². The highest BCUT2D eigenvalue weighted by atomic mass is 35.5. The number of benzene rings is 2. The van der Waals surface area contributed by atoms with Crippen molar-refractivity contribution in [3.05, 3.63) is 69.2 Å². The average Bonchev–Trinajstić information content (AvgIpc) is 2.45. The summed E-state index contributed by atoms with van der Waals surface area (Å²) in [7, 11) is 0. The Morgan fingerprint density at radius 3 is 2.25 bits per heavy atom. The van der Waals surface area contributed by atoms with Crippen LogP contribution < -0.4 is 5.32 Å². The molecule has 2 aromatic rings. The highest BCUT2D eigenvalue weighted by Gasteiger charge is 2.10. The van der Waals surface area contributed by atoms with Gasteiger partial charge in [0.1, 0.15) is 0 Å². The molecule has 0 saturated heterocycles. The fraction of sp³-hybridized carbons (Fsp3) is 0.133. The third-order valence-electron chi connectivity index (χ3n) is 2.81. The molecule has 0 unspecified atom stereocenters. The Morgan fingerprint density at radius 2 is 1.65 bits per heavy atom. The van der Waals surface area contributed by atoms with Gasteiger partial charge in [0.25, 0.3) is 5.91 Å². The molecule has 5 heteroatoms. The van der Waals surface area contributed by atoms with Crippen molar-refractivity contribution in [2.24, 2.45) is 0 Å². The van der Waals surface area contributed by atoms with Gasteiger partial charge < -0.3 is 5.32 Å². The molecule has 0 spiro atoms. The van der Waals surface area contributed by atoms with E-state index in [4.69, 9.17) is 34.8 Å². The van der Waals surface area contributed by atoms with Gasteiger partial charge in [-0.05, 0) is 29.3 Å². The Hall–Kier alpha value is -1.22. The van der Waals surface area contributed by atoms with Gasteiger partial charge in [-0.3, -0.25) is 4.79 Å². The maximum atomic E-state index is 12.0. The molecular weight excluding hydrogens is 317 g/mol. The summed E-state index contributed by atoms with van der Waals surface area (Å²) in [6.45, 7) is 0.431. The minimum Gasteiger partial charge on any atom is -0.348 e. The van der Waals surface area contributed by atoms with Crippen molar-refractivity contribution in [3.8, 4) is 0 Å². The van der Waals surface area contributed by atoms with Gasteiger partial charge >= 0.3 is 0 Å². The summed E-state index contributed by atoms with van der Waals surface area (Å²) < 4.78 is 0. The van der Waals surface area contributed by atoms with Gasteiger partial charge in [-0.1, -0.05) is 47.5 Å². The molecule has 20 heavy (non-hydrogen) atoms. The largest absolute Gasteiger partial charge is 0.348 e. The molecule has 0 aromatic heterocycles. The van der Waals surface area contributed by atoms with E-state index in [2.05, 4.69) is 5.32 Å². The van der Waals surface area contributed by atoms with Crippen LogP contribution in [-0.4, -0.2) is 5.91 Å². The van der Waals surface area contributed by atoms with E-state index in [1.165, 1.54) is 0 Å². The highest BCUT2D eigenvalue weighted by molar-refractivity contribution is 6.36. The lowest BCUT2D eigenvalue weighted by Gasteiger charge is -2.07. The fourth-order valence-corrected chi connectivity index (χ4v) is 2.37. The van der Waals surface area contributed by atoms with Gasteiger partial charge in [0.05, 0.1) is 10.6 Å². The molecule has 0 aliphatic carbocycles. The van der Waals surface area contributed by atoms with Crippen molar-refractivity contribution >= 4 is 40.7 Å². The molecule has 1 amide bonds. The molecule has 0 heterocycles. The van der Waals surface area contributed by atoms with E-state index in [1.54, 1.807) is 18.2 Å². The Balaban J connectivity index is 2.00. The topological polar surface area (TPSA) is 29.1 Å². The normalized spacial score (nSPS) is 10.3. The van der Waals surface area contributed by atoms with Crippen LogP contribution in [-0.2, 0) is 12.4 Å². The zero-order valence-electron chi connectivity index (χ0n) is 10.5. The van der Waals surface area contributed by atoms with Gasteiger partial charge in [-0.2, -0.15) is 0 Å². The highest BCUT2D eigenvalue weighted by Crippen LogP contribution is 2.20. The molecule has 1 N–H and O–H groups in total. The van der Waals surface area contributed by atoms with Gasteiger partial charge in [0.15, 0.2) is 0 Å². The van der Waals surface area contributed by atoms with Crippen molar-refractivity contribution in [3.63, 3.8) is 0 Å². The molecule has 2 rings (SSSR count). The van der Waals surface area contributed by atoms with Crippen molar-refractivity contribution in [2.75, 3.05) is 0 Å². The van der Waals surface area contributed by atoms with Gasteiger partial charge in [-0.15, -0.1) is 11.6 Å².